The Balaban J connectivity index is 1.54. The van der Waals surface area contributed by atoms with Gasteiger partial charge in [-0.15, -0.1) is 0 Å². The molecule has 1 amide bonds. The van der Waals surface area contributed by atoms with Gasteiger partial charge in [0.05, 0.1) is 12.8 Å². The first kappa shape index (κ1) is 21.7. The molecule has 0 unspecified atom stereocenters. The van der Waals surface area contributed by atoms with Gasteiger partial charge < -0.3 is 14.8 Å². The van der Waals surface area contributed by atoms with E-state index in [9.17, 15) is 18.0 Å². The number of hydrogen-bond acceptors (Lipinski definition) is 4. The average Bonchev–Trinajstić information content (AvgIpc) is 3.18. The predicted octanol–water partition coefficient (Wildman–Crippen LogP) is 4.43. The Morgan fingerprint density at radius 2 is 1.88 bits per heavy atom. The van der Waals surface area contributed by atoms with Crippen LogP contribution in [-0.4, -0.2) is 29.4 Å². The van der Waals surface area contributed by atoms with E-state index in [1.807, 2.05) is 0 Å². The molecule has 0 saturated heterocycles. The first-order chi connectivity index (χ1) is 15.5. The van der Waals surface area contributed by atoms with Crippen molar-refractivity contribution in [3.05, 3.63) is 70.8 Å². The molecule has 4 rings (SSSR count). The van der Waals surface area contributed by atoms with Crippen LogP contribution >= 0.6 is 0 Å². The molecule has 1 aromatic heterocycles. The third-order valence-electron chi connectivity index (χ3n) is 5.36. The van der Waals surface area contributed by atoms with Crippen molar-refractivity contribution in [2.45, 2.75) is 38.8 Å². The monoisotopic (exact) mass is 445 g/mol. The van der Waals surface area contributed by atoms with Crippen LogP contribution in [0.5, 0.6) is 11.5 Å². The van der Waals surface area contributed by atoms with Crippen LogP contribution in [0.25, 0.3) is 5.69 Å². The maximum atomic E-state index is 13.3. The number of nitrogens with zero attached hydrogens (tertiary/aromatic N) is 2. The fourth-order valence-electron chi connectivity index (χ4n) is 3.86. The molecular weight excluding hydrogens is 423 g/mol. The zero-order valence-electron chi connectivity index (χ0n) is 17.4. The number of halogens is 3. The van der Waals surface area contributed by atoms with E-state index in [0.29, 0.717) is 16.9 Å². The number of methoxy groups -OCH3 is 1. The molecule has 0 bridgehead atoms. The van der Waals surface area contributed by atoms with Gasteiger partial charge in [0, 0.05) is 17.8 Å². The summed E-state index contributed by atoms with van der Waals surface area (Å²) in [5.74, 6) is -0.608. The number of aromatic nitrogens is 2. The van der Waals surface area contributed by atoms with Gasteiger partial charge in [0.2, 0.25) is 0 Å². The van der Waals surface area contributed by atoms with Crippen molar-refractivity contribution >= 4 is 5.91 Å². The summed E-state index contributed by atoms with van der Waals surface area (Å²) >= 11 is 0. The highest BCUT2D eigenvalue weighted by Crippen LogP contribution is 2.30. The van der Waals surface area contributed by atoms with Gasteiger partial charge in [0.25, 0.3) is 5.91 Å². The molecule has 3 aromatic rings. The van der Waals surface area contributed by atoms with Crippen LogP contribution in [0.15, 0.2) is 42.5 Å². The number of carbonyl (C=O) groups excluding carboxylic acids is 1. The Hall–Kier alpha value is -3.49. The van der Waals surface area contributed by atoms with Crippen molar-refractivity contribution in [2.24, 2.45) is 0 Å². The zero-order chi connectivity index (χ0) is 22.7. The van der Waals surface area contributed by atoms with Gasteiger partial charge in [0.1, 0.15) is 5.82 Å². The van der Waals surface area contributed by atoms with Gasteiger partial charge in [0.15, 0.2) is 17.2 Å². The lowest BCUT2D eigenvalue weighted by Gasteiger charge is -2.14. The summed E-state index contributed by atoms with van der Waals surface area (Å²) in [6, 6.07) is 10.5. The molecule has 6 nitrogen and oxygen atoms in total. The number of amides is 1. The molecule has 168 valence electrons. The maximum Gasteiger partial charge on any atom is 0.387 e. The van der Waals surface area contributed by atoms with Crippen LogP contribution in [0.1, 0.15) is 40.2 Å². The second kappa shape index (κ2) is 9.33. The summed E-state index contributed by atoms with van der Waals surface area (Å²) in [4.78, 5) is 13.0. The molecule has 2 aromatic carbocycles. The molecular formula is C23H22F3N3O3. The Morgan fingerprint density at radius 3 is 2.59 bits per heavy atom. The summed E-state index contributed by atoms with van der Waals surface area (Å²) in [5, 5.41) is 7.37. The molecule has 0 atom stereocenters. The van der Waals surface area contributed by atoms with Crippen LogP contribution < -0.4 is 14.8 Å². The molecule has 0 spiro atoms. The summed E-state index contributed by atoms with van der Waals surface area (Å²) in [7, 11) is 1.35. The Labute approximate surface area is 183 Å². The second-order valence-electron chi connectivity index (χ2n) is 7.42. The minimum Gasteiger partial charge on any atom is -0.493 e. The summed E-state index contributed by atoms with van der Waals surface area (Å²) in [6.07, 6.45) is 3.49. The number of benzene rings is 2. The van der Waals surface area contributed by atoms with Crippen LogP contribution in [0, 0.1) is 5.82 Å². The molecule has 0 saturated carbocycles. The number of alkyl halides is 2. The lowest BCUT2D eigenvalue weighted by molar-refractivity contribution is -0.0512. The van der Waals surface area contributed by atoms with E-state index in [0.717, 1.165) is 36.9 Å². The number of ether oxygens (including phenoxy) is 2. The van der Waals surface area contributed by atoms with Crippen molar-refractivity contribution < 1.29 is 27.4 Å². The molecule has 0 aliphatic heterocycles. The lowest BCUT2D eigenvalue weighted by Crippen LogP contribution is -2.24. The fourth-order valence-corrected chi connectivity index (χ4v) is 3.86. The van der Waals surface area contributed by atoms with E-state index in [2.05, 4.69) is 15.2 Å². The van der Waals surface area contributed by atoms with Crippen molar-refractivity contribution in [2.75, 3.05) is 7.11 Å². The summed E-state index contributed by atoms with van der Waals surface area (Å²) in [6.45, 7) is -2.81. The number of nitrogens with one attached hydrogen (secondary N) is 1. The van der Waals surface area contributed by atoms with Gasteiger partial charge in [-0.1, -0.05) is 6.07 Å². The fraction of sp³-hybridized carbons (Fsp3) is 0.304. The van der Waals surface area contributed by atoms with E-state index in [1.165, 1.54) is 31.4 Å². The Kier molecular flexibility index (Phi) is 6.34. The highest BCUT2D eigenvalue weighted by Gasteiger charge is 2.25. The van der Waals surface area contributed by atoms with E-state index in [-0.39, 0.29) is 29.8 Å². The minimum atomic E-state index is -2.96. The molecule has 0 radical (unpaired) electrons. The predicted molar refractivity (Wildman–Crippen MR) is 111 cm³/mol. The molecule has 32 heavy (non-hydrogen) atoms. The third kappa shape index (κ3) is 4.56. The normalized spacial score (nSPS) is 13.0. The van der Waals surface area contributed by atoms with Crippen LogP contribution in [-0.2, 0) is 19.4 Å². The SMILES string of the molecule is COc1cc(CNC(=O)c2nn(-c3ccc(F)cc3)c3c2CCCC3)ccc1OC(F)F. The van der Waals surface area contributed by atoms with Gasteiger partial charge in [-0.25, -0.2) is 9.07 Å². The average molecular weight is 445 g/mol. The van der Waals surface area contributed by atoms with Gasteiger partial charge in [-0.3, -0.25) is 4.79 Å². The summed E-state index contributed by atoms with van der Waals surface area (Å²) in [5.41, 5.74) is 3.56. The smallest absolute Gasteiger partial charge is 0.387 e. The second-order valence-corrected chi connectivity index (χ2v) is 7.42. The Bertz CT molecular complexity index is 1110. The molecule has 0 fully saturated rings. The molecule has 1 heterocycles. The molecule has 1 N–H and O–H groups in total. The van der Waals surface area contributed by atoms with Crippen molar-refractivity contribution in [1.82, 2.24) is 15.1 Å². The van der Waals surface area contributed by atoms with Gasteiger partial charge >= 0.3 is 6.61 Å². The highest BCUT2D eigenvalue weighted by atomic mass is 19.3. The third-order valence-corrected chi connectivity index (χ3v) is 5.36. The van der Waals surface area contributed by atoms with Crippen molar-refractivity contribution in [3.63, 3.8) is 0 Å². The van der Waals surface area contributed by atoms with E-state index in [1.54, 1.807) is 22.9 Å². The molecule has 1 aliphatic rings. The van der Waals surface area contributed by atoms with Crippen molar-refractivity contribution in [3.8, 4) is 17.2 Å². The van der Waals surface area contributed by atoms with E-state index >= 15 is 0 Å². The lowest BCUT2D eigenvalue weighted by atomic mass is 9.95. The van der Waals surface area contributed by atoms with E-state index in [4.69, 9.17) is 4.74 Å². The maximum absolute atomic E-state index is 13.3. The number of carbonyl (C=O) groups is 1. The largest absolute Gasteiger partial charge is 0.493 e. The standard InChI is InChI=1S/C23H22F3N3O3/c1-31-20-12-14(6-11-19(20)32-23(25)26)13-27-22(30)21-17-4-2-3-5-18(17)29(28-21)16-9-7-15(24)8-10-16/h6-12,23H,2-5,13H2,1H3,(H,27,30). The summed E-state index contributed by atoms with van der Waals surface area (Å²) < 4.78 is 49.6. The van der Waals surface area contributed by atoms with E-state index < -0.39 is 6.61 Å². The number of hydrogen-bond donors (Lipinski definition) is 1. The van der Waals surface area contributed by atoms with Gasteiger partial charge in [-0.05, 0) is 67.6 Å². The van der Waals surface area contributed by atoms with Crippen LogP contribution in [0.3, 0.4) is 0 Å². The minimum absolute atomic E-state index is 0.0790. The highest BCUT2D eigenvalue weighted by molar-refractivity contribution is 5.94. The number of fused-ring (bicyclic) bond motifs is 1. The topological polar surface area (TPSA) is 65.4 Å². The first-order valence-electron chi connectivity index (χ1n) is 10.2. The van der Waals surface area contributed by atoms with Crippen LogP contribution in [0.4, 0.5) is 13.2 Å². The molecule has 9 heteroatoms. The van der Waals surface area contributed by atoms with Crippen molar-refractivity contribution in [1.29, 1.82) is 0 Å². The molecule has 1 aliphatic carbocycles. The number of rotatable bonds is 7. The quantitative estimate of drug-likeness (QED) is 0.584. The van der Waals surface area contributed by atoms with Crippen LogP contribution in [0.2, 0.25) is 0 Å². The van der Waals surface area contributed by atoms with Gasteiger partial charge in [-0.2, -0.15) is 13.9 Å². The Morgan fingerprint density at radius 1 is 1.12 bits per heavy atom. The first-order valence-corrected chi connectivity index (χ1v) is 10.2. The zero-order valence-corrected chi connectivity index (χ0v) is 17.4.